The molecule has 6 nitrogen and oxygen atoms in total. The summed E-state index contributed by atoms with van der Waals surface area (Å²) in [6, 6.07) is 19.9. The van der Waals surface area contributed by atoms with E-state index in [1.807, 2.05) is 60.7 Å². The van der Waals surface area contributed by atoms with Crippen molar-refractivity contribution in [3.63, 3.8) is 0 Å². The first-order valence-corrected chi connectivity index (χ1v) is 9.95. The van der Waals surface area contributed by atoms with Crippen molar-refractivity contribution in [2.75, 3.05) is 11.9 Å². The van der Waals surface area contributed by atoms with Crippen LogP contribution >= 0.6 is 0 Å². The van der Waals surface area contributed by atoms with Gasteiger partial charge in [0.15, 0.2) is 0 Å². The number of nitrogens with zero attached hydrogens (tertiary/aromatic N) is 1. The van der Waals surface area contributed by atoms with E-state index in [-0.39, 0.29) is 11.9 Å². The number of fused-ring (bicyclic) bond motifs is 1. The van der Waals surface area contributed by atoms with E-state index in [1.165, 1.54) is 0 Å². The van der Waals surface area contributed by atoms with Crippen LogP contribution in [0.4, 0.5) is 5.69 Å². The predicted molar refractivity (Wildman–Crippen MR) is 117 cm³/mol. The van der Waals surface area contributed by atoms with Crippen LogP contribution in [0.25, 0.3) is 22.3 Å². The second-order valence-electron chi connectivity index (χ2n) is 7.10. The monoisotopic (exact) mass is 387 g/mol. The lowest BCUT2D eigenvalue weighted by atomic mass is 10.1. The molecule has 0 aliphatic rings. The lowest BCUT2D eigenvalue weighted by molar-refractivity contribution is 0.0934. The molecule has 148 valence electrons. The van der Waals surface area contributed by atoms with Gasteiger partial charge in [-0.3, -0.25) is 9.89 Å². The summed E-state index contributed by atoms with van der Waals surface area (Å²) >= 11 is 0. The second-order valence-corrected chi connectivity index (χ2v) is 7.10. The van der Waals surface area contributed by atoms with Gasteiger partial charge in [-0.15, -0.1) is 0 Å². The molecule has 1 unspecified atom stereocenters. The Labute approximate surface area is 169 Å². The molecule has 1 atom stereocenters. The number of rotatable bonds is 8. The van der Waals surface area contributed by atoms with Gasteiger partial charge < -0.3 is 15.6 Å². The molecule has 4 N–H and O–H groups in total. The van der Waals surface area contributed by atoms with E-state index in [4.69, 9.17) is 0 Å². The van der Waals surface area contributed by atoms with Crippen molar-refractivity contribution < 1.29 is 4.79 Å². The quantitative estimate of drug-likeness (QED) is 0.357. The highest BCUT2D eigenvalue weighted by molar-refractivity contribution is 5.98. The summed E-state index contributed by atoms with van der Waals surface area (Å²) < 4.78 is 0. The molecule has 0 fully saturated rings. The van der Waals surface area contributed by atoms with Crippen LogP contribution in [0, 0.1) is 0 Å². The van der Waals surface area contributed by atoms with Gasteiger partial charge in [-0.05, 0) is 49.2 Å². The number of benzene rings is 2. The first-order chi connectivity index (χ1) is 14.2. The van der Waals surface area contributed by atoms with Crippen molar-refractivity contribution in [3.05, 3.63) is 72.4 Å². The SMILES string of the molecule is CCC(CCNc1ccccc1)NC(=O)c1ccc2cc(-c3cc[nH]n3)[nH]c2c1. The summed E-state index contributed by atoms with van der Waals surface area (Å²) in [5.41, 5.74) is 4.46. The van der Waals surface area contributed by atoms with E-state index >= 15 is 0 Å². The minimum Gasteiger partial charge on any atom is -0.385 e. The number of aromatic amines is 2. The number of para-hydroxylation sites is 1. The molecule has 2 aromatic carbocycles. The van der Waals surface area contributed by atoms with E-state index in [0.717, 1.165) is 47.4 Å². The van der Waals surface area contributed by atoms with Gasteiger partial charge in [0.25, 0.3) is 5.91 Å². The lowest BCUT2D eigenvalue weighted by Gasteiger charge is -2.18. The third-order valence-corrected chi connectivity index (χ3v) is 5.09. The van der Waals surface area contributed by atoms with Crippen molar-refractivity contribution in [2.24, 2.45) is 0 Å². The third-order valence-electron chi connectivity index (χ3n) is 5.09. The summed E-state index contributed by atoms with van der Waals surface area (Å²) in [5, 5.41) is 14.6. The van der Waals surface area contributed by atoms with E-state index < -0.39 is 0 Å². The highest BCUT2D eigenvalue weighted by Crippen LogP contribution is 2.23. The van der Waals surface area contributed by atoms with Crippen LogP contribution in [0.5, 0.6) is 0 Å². The molecule has 0 bridgehead atoms. The largest absolute Gasteiger partial charge is 0.385 e. The van der Waals surface area contributed by atoms with Crippen LogP contribution in [-0.2, 0) is 0 Å². The van der Waals surface area contributed by atoms with Crippen molar-refractivity contribution in [1.29, 1.82) is 0 Å². The van der Waals surface area contributed by atoms with Gasteiger partial charge in [-0.2, -0.15) is 5.10 Å². The number of anilines is 1. The van der Waals surface area contributed by atoms with Gasteiger partial charge >= 0.3 is 0 Å². The van der Waals surface area contributed by atoms with Gasteiger partial charge in [0, 0.05) is 40.9 Å². The summed E-state index contributed by atoms with van der Waals surface area (Å²) in [5.74, 6) is -0.0469. The maximum atomic E-state index is 12.8. The van der Waals surface area contributed by atoms with Gasteiger partial charge in [0.2, 0.25) is 0 Å². The molecular weight excluding hydrogens is 362 g/mol. The number of nitrogens with one attached hydrogen (secondary N) is 4. The van der Waals surface area contributed by atoms with Crippen molar-refractivity contribution in [1.82, 2.24) is 20.5 Å². The topological polar surface area (TPSA) is 85.6 Å². The van der Waals surface area contributed by atoms with Crippen LogP contribution in [0.1, 0.15) is 30.1 Å². The molecule has 1 amide bonds. The fourth-order valence-electron chi connectivity index (χ4n) is 3.41. The predicted octanol–water partition coefficient (Wildman–Crippen LogP) is 4.57. The summed E-state index contributed by atoms with van der Waals surface area (Å²) in [7, 11) is 0. The Bertz CT molecular complexity index is 1070. The standard InChI is InChI=1S/C23H25N5O/c1-2-18(10-12-24-19-6-4-3-5-7-19)26-23(29)17-9-8-16-14-22(27-21(16)15-17)20-11-13-25-28-20/h3-9,11,13-15,18,24,27H,2,10,12H2,1H3,(H,25,28)(H,26,29). The zero-order valence-electron chi connectivity index (χ0n) is 16.4. The number of H-pyrrole nitrogens is 2. The highest BCUT2D eigenvalue weighted by atomic mass is 16.1. The Kier molecular flexibility index (Phi) is 5.61. The minimum absolute atomic E-state index is 0.0469. The van der Waals surface area contributed by atoms with Crippen LogP contribution in [-0.4, -0.2) is 33.7 Å². The van der Waals surface area contributed by atoms with Crippen LogP contribution in [0.3, 0.4) is 0 Å². The molecule has 0 aliphatic heterocycles. The molecule has 4 aromatic rings. The number of hydrogen-bond acceptors (Lipinski definition) is 3. The molecule has 4 rings (SSSR count). The molecule has 6 heteroatoms. The maximum Gasteiger partial charge on any atom is 0.251 e. The number of carbonyl (C=O) groups is 1. The van der Waals surface area contributed by atoms with E-state index in [0.29, 0.717) is 5.56 Å². The summed E-state index contributed by atoms with van der Waals surface area (Å²) in [6.45, 7) is 2.91. The Morgan fingerprint density at radius 2 is 1.97 bits per heavy atom. The van der Waals surface area contributed by atoms with Gasteiger partial charge in [-0.25, -0.2) is 0 Å². The van der Waals surface area contributed by atoms with Gasteiger partial charge in [-0.1, -0.05) is 31.2 Å². The van der Waals surface area contributed by atoms with Crippen molar-refractivity contribution >= 4 is 22.5 Å². The molecule has 0 saturated heterocycles. The summed E-state index contributed by atoms with van der Waals surface area (Å²) in [4.78, 5) is 16.1. The average molecular weight is 387 g/mol. The van der Waals surface area contributed by atoms with Crippen LogP contribution < -0.4 is 10.6 Å². The Hall–Kier alpha value is -3.54. The number of aromatic nitrogens is 3. The molecule has 0 aliphatic carbocycles. The Morgan fingerprint density at radius 3 is 2.72 bits per heavy atom. The first kappa shape index (κ1) is 18.8. The molecule has 0 saturated carbocycles. The van der Waals surface area contributed by atoms with Gasteiger partial charge in [0.05, 0.1) is 5.69 Å². The summed E-state index contributed by atoms with van der Waals surface area (Å²) in [6.07, 6.45) is 3.54. The smallest absolute Gasteiger partial charge is 0.251 e. The normalized spacial score (nSPS) is 12.0. The zero-order valence-corrected chi connectivity index (χ0v) is 16.4. The fourth-order valence-corrected chi connectivity index (χ4v) is 3.41. The molecule has 2 aromatic heterocycles. The number of amides is 1. The number of carbonyl (C=O) groups excluding carboxylic acids is 1. The highest BCUT2D eigenvalue weighted by Gasteiger charge is 2.14. The van der Waals surface area contributed by atoms with E-state index in [2.05, 4.69) is 32.7 Å². The molecule has 2 heterocycles. The third kappa shape index (κ3) is 4.48. The van der Waals surface area contributed by atoms with E-state index in [1.54, 1.807) is 6.20 Å². The Morgan fingerprint density at radius 1 is 1.10 bits per heavy atom. The molecule has 0 spiro atoms. The minimum atomic E-state index is -0.0469. The van der Waals surface area contributed by atoms with Crippen LogP contribution in [0.2, 0.25) is 0 Å². The molecule has 29 heavy (non-hydrogen) atoms. The molecule has 0 radical (unpaired) electrons. The van der Waals surface area contributed by atoms with Crippen LogP contribution in [0.15, 0.2) is 66.9 Å². The number of hydrogen-bond donors (Lipinski definition) is 4. The zero-order chi connectivity index (χ0) is 20.1. The molecular formula is C23H25N5O. The maximum absolute atomic E-state index is 12.8. The fraction of sp³-hybridized carbons (Fsp3) is 0.217. The Balaban J connectivity index is 1.39. The first-order valence-electron chi connectivity index (χ1n) is 9.95. The average Bonchev–Trinajstić information content (AvgIpc) is 3.42. The second kappa shape index (κ2) is 8.65. The lowest BCUT2D eigenvalue weighted by Crippen LogP contribution is -2.35. The van der Waals surface area contributed by atoms with Crippen molar-refractivity contribution in [3.8, 4) is 11.4 Å². The van der Waals surface area contributed by atoms with E-state index in [9.17, 15) is 4.79 Å². The van der Waals surface area contributed by atoms with Crippen molar-refractivity contribution in [2.45, 2.75) is 25.8 Å². The van der Waals surface area contributed by atoms with Gasteiger partial charge in [0.1, 0.15) is 5.69 Å².